The highest BCUT2D eigenvalue weighted by Crippen LogP contribution is 2.50. The van der Waals surface area contributed by atoms with Crippen LogP contribution in [0.5, 0.6) is 0 Å². The topological polar surface area (TPSA) is 66.4 Å². The minimum atomic E-state index is -0.748. The number of rotatable bonds is 7. The minimum absolute atomic E-state index is 0.0563. The zero-order valence-corrected chi connectivity index (χ0v) is 13.3. The first kappa shape index (κ1) is 15.4. The van der Waals surface area contributed by atoms with Gasteiger partial charge in [-0.1, -0.05) is 22.0 Å². The Balaban J connectivity index is 1.72. The molecule has 0 aliphatic heterocycles. The second-order valence-electron chi connectivity index (χ2n) is 5.12. The molecular weight excluding hydrogens is 342 g/mol. The van der Waals surface area contributed by atoms with Crippen LogP contribution < -0.4 is 5.32 Å². The molecule has 0 aromatic heterocycles. The summed E-state index contributed by atoms with van der Waals surface area (Å²) in [5.74, 6) is 0.292. The van der Waals surface area contributed by atoms with Gasteiger partial charge in [-0.2, -0.15) is 11.8 Å². The average Bonchev–Trinajstić information content (AvgIpc) is 3.07. The summed E-state index contributed by atoms with van der Waals surface area (Å²) in [4.78, 5) is 22.5. The van der Waals surface area contributed by atoms with Gasteiger partial charge in [0, 0.05) is 10.2 Å². The molecule has 1 aliphatic carbocycles. The predicted octanol–water partition coefficient (Wildman–Crippen LogP) is 3.38. The van der Waals surface area contributed by atoms with Crippen LogP contribution in [0.4, 0.5) is 5.69 Å². The van der Waals surface area contributed by atoms with Crippen LogP contribution in [0.3, 0.4) is 0 Å². The Morgan fingerprint density at radius 1 is 1.40 bits per heavy atom. The summed E-state index contributed by atoms with van der Waals surface area (Å²) in [6, 6.07) is 7.43. The standard InChI is InChI=1S/C14H16BrNO3S/c15-10-2-1-3-11(6-10)16-12(17)8-20-9-14(4-5-14)7-13(18)19/h1-3,6H,4-5,7-9H2,(H,16,17)(H,18,19). The summed E-state index contributed by atoms with van der Waals surface area (Å²) in [6.07, 6.45) is 2.13. The number of amides is 1. The monoisotopic (exact) mass is 357 g/mol. The fourth-order valence-corrected chi connectivity index (χ4v) is 3.58. The van der Waals surface area contributed by atoms with Crippen LogP contribution in [-0.4, -0.2) is 28.5 Å². The van der Waals surface area contributed by atoms with E-state index in [1.807, 2.05) is 24.3 Å². The molecule has 0 bridgehead atoms. The first-order valence-electron chi connectivity index (χ1n) is 6.34. The van der Waals surface area contributed by atoms with Crippen molar-refractivity contribution in [2.45, 2.75) is 19.3 Å². The minimum Gasteiger partial charge on any atom is -0.481 e. The second-order valence-corrected chi connectivity index (χ2v) is 7.02. The smallest absolute Gasteiger partial charge is 0.303 e. The van der Waals surface area contributed by atoms with Gasteiger partial charge in [0.1, 0.15) is 0 Å². The lowest BCUT2D eigenvalue weighted by Gasteiger charge is -2.11. The van der Waals surface area contributed by atoms with Gasteiger partial charge in [0.15, 0.2) is 0 Å². The molecule has 0 heterocycles. The number of anilines is 1. The number of carbonyl (C=O) groups excluding carboxylic acids is 1. The zero-order valence-electron chi connectivity index (χ0n) is 10.9. The molecule has 2 rings (SSSR count). The number of carbonyl (C=O) groups is 2. The number of aliphatic carboxylic acids is 1. The maximum absolute atomic E-state index is 11.8. The number of benzene rings is 1. The Bertz CT molecular complexity index is 517. The summed E-state index contributed by atoms with van der Waals surface area (Å²) >= 11 is 4.86. The predicted molar refractivity (Wildman–Crippen MR) is 84.0 cm³/mol. The second kappa shape index (κ2) is 6.63. The SMILES string of the molecule is O=C(O)CC1(CSCC(=O)Nc2cccc(Br)c2)CC1. The summed E-state index contributed by atoms with van der Waals surface area (Å²) < 4.78 is 0.918. The third-order valence-corrected chi connectivity index (χ3v) is 5.01. The molecule has 6 heteroatoms. The van der Waals surface area contributed by atoms with Gasteiger partial charge in [0.2, 0.25) is 5.91 Å². The van der Waals surface area contributed by atoms with Gasteiger partial charge in [-0.3, -0.25) is 9.59 Å². The third kappa shape index (κ3) is 4.83. The van der Waals surface area contributed by atoms with Crippen molar-refractivity contribution in [2.75, 3.05) is 16.8 Å². The van der Waals surface area contributed by atoms with Gasteiger partial charge >= 0.3 is 5.97 Å². The van der Waals surface area contributed by atoms with E-state index in [4.69, 9.17) is 5.11 Å². The summed E-state index contributed by atoms with van der Waals surface area (Å²) in [5.41, 5.74) is 0.698. The van der Waals surface area contributed by atoms with Gasteiger partial charge < -0.3 is 10.4 Å². The number of nitrogens with one attached hydrogen (secondary N) is 1. The summed E-state index contributed by atoms with van der Waals surface area (Å²) in [7, 11) is 0. The Hall–Kier alpha value is -1.01. The first-order valence-corrected chi connectivity index (χ1v) is 8.29. The van der Waals surface area contributed by atoms with Crippen LogP contribution in [0.2, 0.25) is 0 Å². The van der Waals surface area contributed by atoms with Crippen molar-refractivity contribution in [3.63, 3.8) is 0 Å². The van der Waals surface area contributed by atoms with E-state index in [2.05, 4.69) is 21.2 Å². The van der Waals surface area contributed by atoms with Crippen molar-refractivity contribution in [3.05, 3.63) is 28.7 Å². The van der Waals surface area contributed by atoms with E-state index in [0.717, 1.165) is 28.8 Å². The zero-order chi connectivity index (χ0) is 14.6. The van der Waals surface area contributed by atoms with E-state index in [9.17, 15) is 9.59 Å². The van der Waals surface area contributed by atoms with Crippen molar-refractivity contribution >= 4 is 45.3 Å². The van der Waals surface area contributed by atoms with Crippen molar-refractivity contribution in [1.82, 2.24) is 0 Å². The van der Waals surface area contributed by atoms with Crippen molar-refractivity contribution in [3.8, 4) is 0 Å². The van der Waals surface area contributed by atoms with E-state index >= 15 is 0 Å². The van der Waals surface area contributed by atoms with Gasteiger partial charge in [0.05, 0.1) is 12.2 Å². The molecule has 0 spiro atoms. The maximum atomic E-state index is 11.8. The normalized spacial score (nSPS) is 15.7. The Morgan fingerprint density at radius 2 is 2.15 bits per heavy atom. The number of thioether (sulfide) groups is 1. The van der Waals surface area contributed by atoms with Crippen LogP contribution in [-0.2, 0) is 9.59 Å². The fraction of sp³-hybridized carbons (Fsp3) is 0.429. The van der Waals surface area contributed by atoms with Gasteiger partial charge in [0.25, 0.3) is 0 Å². The Labute approximate surface area is 130 Å². The molecule has 2 N–H and O–H groups in total. The maximum Gasteiger partial charge on any atom is 0.303 e. The van der Waals surface area contributed by atoms with Crippen LogP contribution in [0, 0.1) is 5.41 Å². The highest BCUT2D eigenvalue weighted by atomic mass is 79.9. The molecule has 0 atom stereocenters. The number of halogens is 1. The first-order chi connectivity index (χ1) is 9.49. The lowest BCUT2D eigenvalue weighted by molar-refractivity contribution is -0.138. The molecular formula is C14H16BrNO3S. The molecule has 1 aromatic rings. The number of carboxylic acids is 1. The van der Waals surface area contributed by atoms with E-state index in [1.54, 1.807) is 0 Å². The van der Waals surface area contributed by atoms with Crippen LogP contribution in [0.25, 0.3) is 0 Å². The summed E-state index contributed by atoms with van der Waals surface area (Å²) in [6.45, 7) is 0. The molecule has 4 nitrogen and oxygen atoms in total. The number of carboxylic acid groups (broad SMARTS) is 1. The molecule has 1 amide bonds. The average molecular weight is 358 g/mol. The lowest BCUT2D eigenvalue weighted by atomic mass is 10.1. The van der Waals surface area contributed by atoms with Crippen molar-refractivity contribution in [1.29, 1.82) is 0 Å². The molecule has 1 aromatic carbocycles. The quantitative estimate of drug-likeness (QED) is 0.784. The molecule has 1 aliphatic rings. The fourth-order valence-electron chi connectivity index (χ4n) is 1.99. The van der Waals surface area contributed by atoms with E-state index in [-0.39, 0.29) is 17.7 Å². The van der Waals surface area contributed by atoms with Crippen LogP contribution in [0.1, 0.15) is 19.3 Å². The molecule has 1 fully saturated rings. The van der Waals surface area contributed by atoms with Gasteiger partial charge in [-0.05, 0) is 42.2 Å². The Kier molecular flexibility index (Phi) is 5.10. The number of hydrogen-bond donors (Lipinski definition) is 2. The third-order valence-electron chi connectivity index (χ3n) is 3.23. The largest absolute Gasteiger partial charge is 0.481 e. The molecule has 20 heavy (non-hydrogen) atoms. The van der Waals surface area contributed by atoms with Gasteiger partial charge in [-0.15, -0.1) is 0 Å². The van der Waals surface area contributed by atoms with E-state index in [0.29, 0.717) is 5.75 Å². The molecule has 0 saturated heterocycles. The summed E-state index contributed by atoms with van der Waals surface area (Å²) in [5, 5.41) is 11.6. The highest BCUT2D eigenvalue weighted by molar-refractivity contribution is 9.10. The van der Waals surface area contributed by atoms with Gasteiger partial charge in [-0.25, -0.2) is 0 Å². The number of hydrogen-bond acceptors (Lipinski definition) is 3. The molecule has 0 radical (unpaired) electrons. The molecule has 108 valence electrons. The molecule has 0 unspecified atom stereocenters. The lowest BCUT2D eigenvalue weighted by Crippen LogP contribution is -2.17. The highest BCUT2D eigenvalue weighted by Gasteiger charge is 2.44. The van der Waals surface area contributed by atoms with Crippen molar-refractivity contribution < 1.29 is 14.7 Å². The van der Waals surface area contributed by atoms with Crippen molar-refractivity contribution in [2.24, 2.45) is 5.41 Å². The van der Waals surface area contributed by atoms with Crippen LogP contribution in [0.15, 0.2) is 28.7 Å². The molecule has 1 saturated carbocycles. The van der Waals surface area contributed by atoms with Crippen LogP contribution >= 0.6 is 27.7 Å². The van der Waals surface area contributed by atoms with E-state index in [1.165, 1.54) is 11.8 Å². The van der Waals surface area contributed by atoms with E-state index < -0.39 is 5.97 Å². The Morgan fingerprint density at radius 3 is 2.75 bits per heavy atom.